The van der Waals surface area contributed by atoms with E-state index in [0.717, 1.165) is 11.3 Å². The second-order valence-electron chi connectivity index (χ2n) is 5.81. The first-order valence-electron chi connectivity index (χ1n) is 7.57. The van der Waals surface area contributed by atoms with Gasteiger partial charge in [0.2, 0.25) is 10.0 Å². The summed E-state index contributed by atoms with van der Waals surface area (Å²) in [7, 11) is -3.89. The fraction of sp³-hybridized carbons (Fsp3) is 0.235. The van der Waals surface area contributed by atoms with Crippen molar-refractivity contribution >= 4 is 21.6 Å². The largest absolute Gasteiger partial charge is 0.391 e. The molecule has 7 heteroatoms. The van der Waals surface area contributed by atoms with Gasteiger partial charge in [0, 0.05) is 11.3 Å². The van der Waals surface area contributed by atoms with E-state index in [0.29, 0.717) is 12.8 Å². The number of benzene rings is 2. The normalized spacial score (nSPS) is 17.9. The van der Waals surface area contributed by atoms with Crippen LogP contribution in [0, 0.1) is 0 Å². The van der Waals surface area contributed by atoms with E-state index in [-0.39, 0.29) is 22.9 Å². The fourth-order valence-corrected chi connectivity index (χ4v) is 3.42. The molecule has 2 aromatic rings. The minimum absolute atomic E-state index is 0.114. The monoisotopic (exact) mass is 346 g/mol. The summed E-state index contributed by atoms with van der Waals surface area (Å²) in [5.74, 6) is -0.367. The lowest BCUT2D eigenvalue weighted by Gasteiger charge is -2.24. The van der Waals surface area contributed by atoms with Gasteiger partial charge in [-0.2, -0.15) is 0 Å². The number of hydrogen-bond donors (Lipinski definition) is 2. The average molecular weight is 346 g/mol. The van der Waals surface area contributed by atoms with Gasteiger partial charge in [0.1, 0.15) is 0 Å². The Labute approximate surface area is 140 Å². The lowest BCUT2D eigenvalue weighted by molar-refractivity contribution is 0.0962. The van der Waals surface area contributed by atoms with Crippen LogP contribution in [-0.4, -0.2) is 32.1 Å². The van der Waals surface area contributed by atoms with Crippen LogP contribution >= 0.6 is 0 Å². The van der Waals surface area contributed by atoms with Crippen molar-refractivity contribution in [1.29, 1.82) is 0 Å². The van der Waals surface area contributed by atoms with Gasteiger partial charge in [0.05, 0.1) is 17.5 Å². The number of hydrogen-bond acceptors (Lipinski definition) is 4. The van der Waals surface area contributed by atoms with Crippen LogP contribution in [-0.2, 0) is 16.4 Å². The van der Waals surface area contributed by atoms with E-state index >= 15 is 0 Å². The van der Waals surface area contributed by atoms with Crippen molar-refractivity contribution < 1.29 is 18.3 Å². The number of fused-ring (bicyclic) bond motifs is 1. The summed E-state index contributed by atoms with van der Waals surface area (Å²) < 4.78 is 23.0. The van der Waals surface area contributed by atoms with Crippen LogP contribution in [0.25, 0.3) is 0 Å². The van der Waals surface area contributed by atoms with Gasteiger partial charge < -0.3 is 10.0 Å². The highest BCUT2D eigenvalue weighted by Crippen LogP contribution is 2.28. The van der Waals surface area contributed by atoms with Crippen molar-refractivity contribution in [2.45, 2.75) is 23.8 Å². The molecule has 1 aliphatic heterocycles. The first kappa shape index (κ1) is 16.6. The molecule has 3 rings (SSSR count). The molecular weight excluding hydrogens is 328 g/mol. The molecule has 2 aromatic carbocycles. The quantitative estimate of drug-likeness (QED) is 0.855. The number of aliphatic hydroxyl groups is 1. The summed E-state index contributed by atoms with van der Waals surface area (Å²) in [6.45, 7) is 0.162. The molecule has 1 amide bonds. The second kappa shape index (κ2) is 6.35. The lowest BCUT2D eigenvalue weighted by atomic mass is 10.1. The Morgan fingerprint density at radius 1 is 1.17 bits per heavy atom. The van der Waals surface area contributed by atoms with Crippen molar-refractivity contribution in [2.24, 2.45) is 5.14 Å². The summed E-state index contributed by atoms with van der Waals surface area (Å²) in [5, 5.41) is 15.2. The number of rotatable bonds is 2. The van der Waals surface area contributed by atoms with Gasteiger partial charge in [0.25, 0.3) is 5.91 Å². The maximum Gasteiger partial charge on any atom is 0.258 e. The maximum atomic E-state index is 12.9. The van der Waals surface area contributed by atoms with Crippen molar-refractivity contribution in [2.75, 3.05) is 11.4 Å². The average Bonchev–Trinajstić information content (AvgIpc) is 2.73. The van der Waals surface area contributed by atoms with E-state index in [4.69, 9.17) is 5.14 Å². The standard InChI is InChI=1S/C17H18N2O4S/c18-24(22,23)15-6-3-5-13(10-15)17(21)19-11-14(20)9-8-12-4-1-2-7-16(12)19/h1-7,10,14,20H,8-9,11H2,(H2,18,22,23). The van der Waals surface area contributed by atoms with E-state index < -0.39 is 16.1 Å². The molecule has 3 N–H and O–H groups in total. The molecule has 0 radical (unpaired) electrons. The Balaban J connectivity index is 2.03. The molecule has 1 heterocycles. The number of carbonyl (C=O) groups is 1. The molecule has 0 fully saturated rings. The predicted molar refractivity (Wildman–Crippen MR) is 90.3 cm³/mol. The smallest absolute Gasteiger partial charge is 0.258 e. The van der Waals surface area contributed by atoms with Gasteiger partial charge in [-0.1, -0.05) is 24.3 Å². The first-order chi connectivity index (χ1) is 11.4. The molecule has 24 heavy (non-hydrogen) atoms. The van der Waals surface area contributed by atoms with E-state index in [1.807, 2.05) is 24.3 Å². The Morgan fingerprint density at radius 2 is 1.92 bits per heavy atom. The lowest BCUT2D eigenvalue weighted by Crippen LogP contribution is -2.36. The van der Waals surface area contributed by atoms with Crippen molar-refractivity contribution in [1.82, 2.24) is 0 Å². The molecule has 1 atom stereocenters. The van der Waals surface area contributed by atoms with Gasteiger partial charge in [0.15, 0.2) is 0 Å². The third-order valence-corrected chi connectivity index (χ3v) is 4.99. The molecule has 0 aromatic heterocycles. The van der Waals surface area contributed by atoms with Gasteiger partial charge in [-0.3, -0.25) is 4.79 Å². The Kier molecular flexibility index (Phi) is 4.40. The Bertz CT molecular complexity index is 880. The van der Waals surface area contributed by atoms with Gasteiger partial charge in [-0.05, 0) is 42.7 Å². The van der Waals surface area contributed by atoms with E-state index in [1.54, 1.807) is 0 Å². The summed E-state index contributed by atoms with van der Waals surface area (Å²) in [5.41, 5.74) is 1.93. The number of nitrogens with zero attached hydrogens (tertiary/aromatic N) is 1. The van der Waals surface area contributed by atoms with Crippen LogP contribution in [0.2, 0.25) is 0 Å². The van der Waals surface area contributed by atoms with Gasteiger partial charge in [-0.25, -0.2) is 13.6 Å². The molecular formula is C17H18N2O4S. The molecule has 1 aliphatic rings. The zero-order chi connectivity index (χ0) is 17.3. The predicted octanol–water partition coefficient (Wildman–Crippen LogP) is 1.29. The number of sulfonamides is 1. The summed E-state index contributed by atoms with van der Waals surface area (Å²) in [6.07, 6.45) is 0.610. The summed E-state index contributed by atoms with van der Waals surface area (Å²) in [4.78, 5) is 14.3. The third kappa shape index (κ3) is 3.33. The highest BCUT2D eigenvalue weighted by Gasteiger charge is 2.26. The van der Waals surface area contributed by atoms with Crippen LogP contribution in [0.5, 0.6) is 0 Å². The number of para-hydroxylation sites is 1. The number of anilines is 1. The highest BCUT2D eigenvalue weighted by molar-refractivity contribution is 7.89. The van der Waals surface area contributed by atoms with Crippen LogP contribution in [0.1, 0.15) is 22.3 Å². The second-order valence-corrected chi connectivity index (χ2v) is 7.37. The van der Waals surface area contributed by atoms with Crippen LogP contribution < -0.4 is 10.0 Å². The Morgan fingerprint density at radius 3 is 2.67 bits per heavy atom. The molecule has 0 spiro atoms. The molecule has 0 bridgehead atoms. The molecule has 0 aliphatic carbocycles. The minimum atomic E-state index is -3.89. The topological polar surface area (TPSA) is 101 Å². The number of carbonyl (C=O) groups excluding carboxylic acids is 1. The summed E-state index contributed by atoms with van der Waals surface area (Å²) in [6, 6.07) is 13.1. The van der Waals surface area contributed by atoms with Crippen molar-refractivity contribution in [3.63, 3.8) is 0 Å². The van der Waals surface area contributed by atoms with Crippen molar-refractivity contribution in [3.05, 3.63) is 59.7 Å². The molecule has 126 valence electrons. The number of amides is 1. The maximum absolute atomic E-state index is 12.9. The number of nitrogens with two attached hydrogens (primary N) is 1. The van der Waals surface area contributed by atoms with Crippen LogP contribution in [0.4, 0.5) is 5.69 Å². The summed E-state index contributed by atoms with van der Waals surface area (Å²) >= 11 is 0. The fourth-order valence-electron chi connectivity index (χ4n) is 2.86. The molecule has 1 unspecified atom stereocenters. The number of aliphatic hydroxyl groups excluding tert-OH is 1. The highest BCUT2D eigenvalue weighted by atomic mass is 32.2. The third-order valence-electron chi connectivity index (χ3n) is 4.08. The van der Waals surface area contributed by atoms with Crippen LogP contribution in [0.3, 0.4) is 0 Å². The minimum Gasteiger partial charge on any atom is -0.391 e. The van der Waals surface area contributed by atoms with Gasteiger partial charge >= 0.3 is 0 Å². The molecule has 0 saturated heterocycles. The Hall–Kier alpha value is -2.22. The molecule has 0 saturated carbocycles. The van der Waals surface area contributed by atoms with Crippen molar-refractivity contribution in [3.8, 4) is 0 Å². The number of primary sulfonamides is 1. The first-order valence-corrected chi connectivity index (χ1v) is 9.11. The molecule has 6 nitrogen and oxygen atoms in total. The van der Waals surface area contributed by atoms with E-state index in [9.17, 15) is 18.3 Å². The zero-order valence-electron chi connectivity index (χ0n) is 12.9. The van der Waals surface area contributed by atoms with E-state index in [1.165, 1.54) is 29.2 Å². The van der Waals surface area contributed by atoms with E-state index in [2.05, 4.69) is 0 Å². The number of aryl methyl sites for hydroxylation is 1. The zero-order valence-corrected chi connectivity index (χ0v) is 13.7. The van der Waals surface area contributed by atoms with Crippen LogP contribution in [0.15, 0.2) is 53.4 Å². The SMILES string of the molecule is NS(=O)(=O)c1cccc(C(=O)N2CC(O)CCc3ccccc32)c1. The van der Waals surface area contributed by atoms with Gasteiger partial charge in [-0.15, -0.1) is 0 Å². The number of β-amino-alcohol motifs (C(OH)–C–C–N with tert-alkyl or cyclic N) is 1.